The molecule has 2 aromatic rings. The quantitative estimate of drug-likeness (QED) is 0.724. The SMILES string of the molecule is Nc1ccc(F)c(NC(=O)Nc2ccncn2)c1F. The number of hydrogen-bond donors (Lipinski definition) is 3. The summed E-state index contributed by atoms with van der Waals surface area (Å²) in [5.41, 5.74) is 4.40. The number of carbonyl (C=O) groups is 1. The van der Waals surface area contributed by atoms with E-state index >= 15 is 0 Å². The van der Waals surface area contributed by atoms with Crippen molar-refractivity contribution in [2.75, 3.05) is 16.4 Å². The van der Waals surface area contributed by atoms with E-state index in [0.29, 0.717) is 0 Å². The molecule has 2 amide bonds. The van der Waals surface area contributed by atoms with Crippen LogP contribution in [0.5, 0.6) is 0 Å². The lowest BCUT2D eigenvalue weighted by Crippen LogP contribution is -2.21. The van der Waals surface area contributed by atoms with Gasteiger partial charge in [-0.3, -0.25) is 5.32 Å². The molecule has 0 aliphatic heterocycles. The van der Waals surface area contributed by atoms with Crippen LogP contribution in [-0.4, -0.2) is 16.0 Å². The fourth-order valence-electron chi connectivity index (χ4n) is 1.31. The van der Waals surface area contributed by atoms with Crippen LogP contribution < -0.4 is 16.4 Å². The van der Waals surface area contributed by atoms with Gasteiger partial charge in [0.05, 0.1) is 5.69 Å². The molecule has 0 radical (unpaired) electrons. The minimum Gasteiger partial charge on any atom is -0.396 e. The molecule has 19 heavy (non-hydrogen) atoms. The second kappa shape index (κ2) is 5.25. The van der Waals surface area contributed by atoms with Crippen molar-refractivity contribution in [2.24, 2.45) is 0 Å². The van der Waals surface area contributed by atoms with Gasteiger partial charge >= 0.3 is 6.03 Å². The molecule has 98 valence electrons. The Hall–Kier alpha value is -2.77. The molecule has 0 spiro atoms. The van der Waals surface area contributed by atoms with E-state index < -0.39 is 23.4 Å². The summed E-state index contributed by atoms with van der Waals surface area (Å²) < 4.78 is 26.9. The number of carbonyl (C=O) groups excluding carboxylic acids is 1. The Balaban J connectivity index is 2.14. The molecule has 8 heteroatoms. The molecule has 1 aromatic heterocycles. The molecule has 2 rings (SSSR count). The van der Waals surface area contributed by atoms with Crippen LogP contribution in [0, 0.1) is 11.6 Å². The summed E-state index contributed by atoms with van der Waals surface area (Å²) in [6.45, 7) is 0. The lowest BCUT2D eigenvalue weighted by Gasteiger charge is -2.09. The zero-order valence-corrected chi connectivity index (χ0v) is 9.52. The van der Waals surface area contributed by atoms with Crippen molar-refractivity contribution in [1.82, 2.24) is 9.97 Å². The lowest BCUT2D eigenvalue weighted by molar-refractivity contribution is 0.262. The predicted octanol–water partition coefficient (Wildman–Crippen LogP) is 1.98. The number of amides is 2. The third-order valence-corrected chi connectivity index (χ3v) is 2.18. The second-order valence-electron chi connectivity index (χ2n) is 3.50. The highest BCUT2D eigenvalue weighted by Crippen LogP contribution is 2.23. The molecule has 4 N–H and O–H groups in total. The number of nitrogen functional groups attached to an aromatic ring is 1. The minimum absolute atomic E-state index is 0.192. The zero-order valence-electron chi connectivity index (χ0n) is 9.52. The van der Waals surface area contributed by atoms with Crippen LogP contribution in [0.4, 0.5) is 30.8 Å². The molecule has 0 aliphatic carbocycles. The molecule has 6 nitrogen and oxygen atoms in total. The number of benzene rings is 1. The van der Waals surface area contributed by atoms with Crippen LogP contribution in [0.15, 0.2) is 30.7 Å². The van der Waals surface area contributed by atoms with Gasteiger partial charge < -0.3 is 11.1 Å². The number of urea groups is 1. The average molecular weight is 265 g/mol. The van der Waals surface area contributed by atoms with Crippen LogP contribution in [0.2, 0.25) is 0 Å². The van der Waals surface area contributed by atoms with Gasteiger partial charge in [0.2, 0.25) is 0 Å². The van der Waals surface area contributed by atoms with Gasteiger partial charge in [0.1, 0.15) is 23.6 Å². The maximum Gasteiger partial charge on any atom is 0.325 e. The molecule has 0 bridgehead atoms. The highest BCUT2D eigenvalue weighted by molar-refractivity contribution is 5.99. The maximum atomic E-state index is 13.5. The highest BCUT2D eigenvalue weighted by Gasteiger charge is 2.14. The first-order valence-electron chi connectivity index (χ1n) is 5.15. The fourth-order valence-corrected chi connectivity index (χ4v) is 1.31. The number of nitrogens with one attached hydrogen (secondary N) is 2. The third kappa shape index (κ3) is 2.92. The van der Waals surface area contributed by atoms with Crippen molar-refractivity contribution < 1.29 is 13.6 Å². The Morgan fingerprint density at radius 2 is 2.00 bits per heavy atom. The molecule has 1 aromatic carbocycles. The van der Waals surface area contributed by atoms with E-state index in [1.165, 1.54) is 18.6 Å². The van der Waals surface area contributed by atoms with E-state index in [2.05, 4.69) is 15.3 Å². The highest BCUT2D eigenvalue weighted by atomic mass is 19.1. The molecule has 1 heterocycles. The van der Waals surface area contributed by atoms with Gasteiger partial charge in [-0.15, -0.1) is 0 Å². The smallest absolute Gasteiger partial charge is 0.325 e. The van der Waals surface area contributed by atoms with E-state index in [1.54, 1.807) is 0 Å². The molecular formula is C11H9F2N5O. The fraction of sp³-hybridized carbons (Fsp3) is 0. The van der Waals surface area contributed by atoms with E-state index in [9.17, 15) is 13.6 Å². The van der Waals surface area contributed by atoms with Crippen molar-refractivity contribution in [1.29, 1.82) is 0 Å². The first-order valence-corrected chi connectivity index (χ1v) is 5.15. The Bertz CT molecular complexity index is 606. The summed E-state index contributed by atoms with van der Waals surface area (Å²) in [4.78, 5) is 18.9. The number of anilines is 3. The molecule has 0 unspecified atom stereocenters. The topological polar surface area (TPSA) is 92.9 Å². The zero-order chi connectivity index (χ0) is 13.8. The second-order valence-corrected chi connectivity index (χ2v) is 3.50. The number of nitrogens with zero attached hydrogens (tertiary/aromatic N) is 2. The van der Waals surface area contributed by atoms with E-state index in [4.69, 9.17) is 5.73 Å². The van der Waals surface area contributed by atoms with Crippen molar-refractivity contribution in [2.45, 2.75) is 0 Å². The summed E-state index contributed by atoms with van der Waals surface area (Å²) in [5.74, 6) is -1.76. The van der Waals surface area contributed by atoms with Gasteiger partial charge in [-0.1, -0.05) is 0 Å². The number of hydrogen-bond acceptors (Lipinski definition) is 4. The molecule has 0 aliphatic rings. The first-order chi connectivity index (χ1) is 9.08. The standard InChI is InChI=1S/C11H9F2N5O/c12-6-1-2-7(14)9(13)10(6)18-11(19)17-8-3-4-15-5-16-8/h1-5H,14H2,(H2,15,16,17,18,19). The van der Waals surface area contributed by atoms with Gasteiger partial charge in [0.25, 0.3) is 0 Å². The van der Waals surface area contributed by atoms with E-state index in [-0.39, 0.29) is 11.5 Å². The van der Waals surface area contributed by atoms with Crippen molar-refractivity contribution >= 4 is 23.2 Å². The third-order valence-electron chi connectivity index (χ3n) is 2.18. The summed E-state index contributed by atoms with van der Waals surface area (Å²) in [5, 5.41) is 4.32. The number of aromatic nitrogens is 2. The van der Waals surface area contributed by atoms with Gasteiger partial charge in [0.15, 0.2) is 5.82 Å². The van der Waals surface area contributed by atoms with Crippen molar-refractivity contribution in [3.63, 3.8) is 0 Å². The Morgan fingerprint density at radius 1 is 1.21 bits per heavy atom. The maximum absolute atomic E-state index is 13.5. The van der Waals surface area contributed by atoms with Crippen LogP contribution in [0.1, 0.15) is 0 Å². The Kier molecular flexibility index (Phi) is 3.51. The van der Waals surface area contributed by atoms with Crippen LogP contribution in [-0.2, 0) is 0 Å². The predicted molar refractivity (Wildman–Crippen MR) is 65.4 cm³/mol. The molecular weight excluding hydrogens is 256 g/mol. The van der Waals surface area contributed by atoms with Gasteiger partial charge in [-0.25, -0.2) is 23.5 Å². The largest absolute Gasteiger partial charge is 0.396 e. The number of nitrogens with two attached hydrogens (primary N) is 1. The summed E-state index contributed by atoms with van der Waals surface area (Å²) >= 11 is 0. The monoisotopic (exact) mass is 265 g/mol. The number of rotatable bonds is 2. The van der Waals surface area contributed by atoms with Crippen LogP contribution >= 0.6 is 0 Å². The normalized spacial score (nSPS) is 10.0. The van der Waals surface area contributed by atoms with E-state index in [1.807, 2.05) is 5.32 Å². The Labute approximate surface area is 106 Å². The first kappa shape index (κ1) is 12.7. The summed E-state index contributed by atoms with van der Waals surface area (Å²) in [6, 6.07) is 2.60. The Morgan fingerprint density at radius 3 is 2.68 bits per heavy atom. The van der Waals surface area contributed by atoms with Gasteiger partial charge in [0, 0.05) is 6.20 Å². The minimum atomic E-state index is -1.03. The van der Waals surface area contributed by atoms with Crippen LogP contribution in [0.25, 0.3) is 0 Å². The number of halogens is 2. The molecule has 0 atom stereocenters. The summed E-state index contributed by atoms with van der Waals surface area (Å²) in [6.07, 6.45) is 2.63. The van der Waals surface area contributed by atoms with Crippen molar-refractivity contribution in [3.05, 3.63) is 42.4 Å². The molecule has 0 fully saturated rings. The van der Waals surface area contributed by atoms with Gasteiger partial charge in [-0.2, -0.15) is 0 Å². The summed E-state index contributed by atoms with van der Waals surface area (Å²) in [7, 11) is 0. The van der Waals surface area contributed by atoms with Crippen LogP contribution in [0.3, 0.4) is 0 Å². The molecule has 0 saturated carbocycles. The molecule has 0 saturated heterocycles. The average Bonchev–Trinajstić information content (AvgIpc) is 2.40. The van der Waals surface area contributed by atoms with Gasteiger partial charge in [-0.05, 0) is 18.2 Å². The van der Waals surface area contributed by atoms with Crippen molar-refractivity contribution in [3.8, 4) is 0 Å². The van der Waals surface area contributed by atoms with E-state index in [0.717, 1.165) is 12.1 Å². The lowest BCUT2D eigenvalue weighted by atomic mass is 10.2.